The summed E-state index contributed by atoms with van der Waals surface area (Å²) >= 11 is 0. The Hall–Kier alpha value is -1.92. The van der Waals surface area contributed by atoms with Gasteiger partial charge in [0.05, 0.1) is 11.7 Å². The third kappa shape index (κ3) is 4.77. The Morgan fingerprint density at radius 3 is 2.65 bits per heavy atom. The lowest BCUT2D eigenvalue weighted by Gasteiger charge is -2.13. The van der Waals surface area contributed by atoms with E-state index in [4.69, 9.17) is 5.73 Å². The third-order valence-corrected chi connectivity index (χ3v) is 3.41. The Kier molecular flexibility index (Phi) is 7.19. The van der Waals surface area contributed by atoms with Gasteiger partial charge in [-0.15, -0.1) is 12.4 Å². The first kappa shape index (κ1) is 19.1. The molecule has 0 spiro atoms. The Morgan fingerprint density at radius 1 is 1.35 bits per heavy atom. The number of nitrogens with two attached hydrogens (primary N) is 1. The zero-order valence-electron chi connectivity index (χ0n) is 13.7. The SMILES string of the molecule is CCCC(N)C(=O)Nc1ccccc1-c1n[nH]c(C(C)C)n1.Cl. The van der Waals surface area contributed by atoms with Crippen LogP contribution in [-0.4, -0.2) is 27.1 Å². The van der Waals surface area contributed by atoms with Gasteiger partial charge in [-0.05, 0) is 18.6 Å². The van der Waals surface area contributed by atoms with Crippen molar-refractivity contribution in [2.75, 3.05) is 5.32 Å². The molecule has 23 heavy (non-hydrogen) atoms. The Balaban J connectivity index is 0.00000264. The van der Waals surface area contributed by atoms with Gasteiger partial charge in [-0.3, -0.25) is 9.89 Å². The number of hydrogen-bond acceptors (Lipinski definition) is 4. The van der Waals surface area contributed by atoms with Crippen molar-refractivity contribution in [3.05, 3.63) is 30.1 Å². The van der Waals surface area contributed by atoms with Crippen LogP contribution in [0.1, 0.15) is 45.4 Å². The molecule has 6 nitrogen and oxygen atoms in total. The summed E-state index contributed by atoms with van der Waals surface area (Å²) in [5.74, 6) is 1.47. The maximum atomic E-state index is 12.1. The van der Waals surface area contributed by atoms with Crippen LogP contribution in [0, 0.1) is 0 Å². The Labute approximate surface area is 142 Å². The molecular formula is C16H24ClN5O. The molecule has 0 aliphatic rings. The number of carbonyl (C=O) groups is 1. The number of aromatic nitrogens is 3. The van der Waals surface area contributed by atoms with Gasteiger partial charge in [-0.25, -0.2) is 4.98 Å². The van der Waals surface area contributed by atoms with Crippen LogP contribution >= 0.6 is 12.4 Å². The quantitative estimate of drug-likeness (QED) is 0.754. The van der Waals surface area contributed by atoms with E-state index in [1.54, 1.807) is 0 Å². The number of para-hydroxylation sites is 1. The lowest BCUT2D eigenvalue weighted by Crippen LogP contribution is -2.35. The summed E-state index contributed by atoms with van der Waals surface area (Å²) in [7, 11) is 0. The van der Waals surface area contributed by atoms with Crippen LogP contribution in [0.2, 0.25) is 0 Å². The molecule has 0 aliphatic carbocycles. The van der Waals surface area contributed by atoms with E-state index >= 15 is 0 Å². The first-order valence-corrected chi connectivity index (χ1v) is 7.61. The van der Waals surface area contributed by atoms with Crippen LogP contribution in [0.25, 0.3) is 11.4 Å². The van der Waals surface area contributed by atoms with Crippen LogP contribution in [0.15, 0.2) is 24.3 Å². The summed E-state index contributed by atoms with van der Waals surface area (Å²) in [6.07, 6.45) is 1.53. The Morgan fingerprint density at radius 2 is 2.04 bits per heavy atom. The predicted octanol–water partition coefficient (Wildman–Crippen LogP) is 3.08. The molecule has 1 atom stereocenters. The molecule has 2 aromatic rings. The number of aromatic amines is 1. The molecular weight excluding hydrogens is 314 g/mol. The van der Waals surface area contributed by atoms with Crippen molar-refractivity contribution in [3.63, 3.8) is 0 Å². The summed E-state index contributed by atoms with van der Waals surface area (Å²) in [5.41, 5.74) is 7.31. The van der Waals surface area contributed by atoms with Crippen molar-refractivity contribution in [2.45, 2.75) is 45.6 Å². The first-order chi connectivity index (χ1) is 10.5. The molecule has 0 aliphatic heterocycles. The fourth-order valence-electron chi connectivity index (χ4n) is 2.11. The molecule has 0 radical (unpaired) electrons. The van der Waals surface area contributed by atoms with Crippen molar-refractivity contribution in [3.8, 4) is 11.4 Å². The van der Waals surface area contributed by atoms with Crippen molar-refractivity contribution in [1.82, 2.24) is 15.2 Å². The van der Waals surface area contributed by atoms with Gasteiger partial charge in [0, 0.05) is 11.5 Å². The average molecular weight is 338 g/mol. The maximum absolute atomic E-state index is 12.1. The number of nitrogens with zero attached hydrogens (tertiary/aromatic N) is 2. The number of benzene rings is 1. The largest absolute Gasteiger partial charge is 0.324 e. The van der Waals surface area contributed by atoms with E-state index in [2.05, 4.69) is 20.5 Å². The minimum atomic E-state index is -0.503. The first-order valence-electron chi connectivity index (χ1n) is 7.61. The molecule has 0 fully saturated rings. The second kappa shape index (κ2) is 8.64. The van der Waals surface area contributed by atoms with E-state index in [9.17, 15) is 4.79 Å². The van der Waals surface area contributed by atoms with Crippen LogP contribution in [-0.2, 0) is 4.79 Å². The van der Waals surface area contributed by atoms with E-state index in [0.29, 0.717) is 17.9 Å². The standard InChI is InChI=1S/C16H23N5O.ClH/c1-4-7-12(17)16(22)18-13-9-6-5-8-11(13)15-19-14(10(2)3)20-21-15;/h5-6,8-10,12H,4,7,17H2,1-3H3,(H,18,22)(H,19,20,21);1H. The topological polar surface area (TPSA) is 96.7 Å². The second-order valence-electron chi connectivity index (χ2n) is 5.63. The zero-order chi connectivity index (χ0) is 16.1. The molecule has 1 amide bonds. The molecule has 7 heteroatoms. The maximum Gasteiger partial charge on any atom is 0.241 e. The van der Waals surface area contributed by atoms with Gasteiger partial charge in [0.1, 0.15) is 5.82 Å². The number of rotatable bonds is 6. The average Bonchev–Trinajstić information content (AvgIpc) is 2.98. The lowest BCUT2D eigenvalue weighted by atomic mass is 10.1. The molecule has 1 aromatic heterocycles. The number of anilines is 1. The number of hydrogen-bond donors (Lipinski definition) is 3. The highest BCUT2D eigenvalue weighted by atomic mass is 35.5. The predicted molar refractivity (Wildman–Crippen MR) is 94.7 cm³/mol. The number of amides is 1. The number of H-pyrrole nitrogens is 1. The van der Waals surface area contributed by atoms with E-state index < -0.39 is 6.04 Å². The van der Waals surface area contributed by atoms with Gasteiger partial charge in [0.25, 0.3) is 0 Å². The summed E-state index contributed by atoms with van der Waals surface area (Å²) < 4.78 is 0. The normalized spacial score (nSPS) is 11.9. The molecule has 4 N–H and O–H groups in total. The molecule has 2 rings (SSSR count). The summed E-state index contributed by atoms with van der Waals surface area (Å²) in [5, 5.41) is 10.0. The number of carbonyl (C=O) groups excluding carboxylic acids is 1. The highest BCUT2D eigenvalue weighted by Crippen LogP contribution is 2.26. The van der Waals surface area contributed by atoms with Crippen LogP contribution in [0.4, 0.5) is 5.69 Å². The smallest absolute Gasteiger partial charge is 0.241 e. The van der Waals surface area contributed by atoms with Crippen molar-refractivity contribution in [2.24, 2.45) is 5.73 Å². The van der Waals surface area contributed by atoms with E-state index in [0.717, 1.165) is 17.8 Å². The molecule has 1 heterocycles. The Bertz CT molecular complexity index is 641. The van der Waals surface area contributed by atoms with Crippen LogP contribution in [0.5, 0.6) is 0 Å². The van der Waals surface area contributed by atoms with Crippen LogP contribution < -0.4 is 11.1 Å². The number of nitrogens with one attached hydrogen (secondary N) is 2. The molecule has 1 unspecified atom stereocenters. The van der Waals surface area contributed by atoms with E-state index in [1.807, 2.05) is 45.0 Å². The van der Waals surface area contributed by atoms with Crippen molar-refractivity contribution >= 4 is 24.0 Å². The molecule has 126 valence electrons. The lowest BCUT2D eigenvalue weighted by molar-refractivity contribution is -0.117. The van der Waals surface area contributed by atoms with Gasteiger partial charge < -0.3 is 11.1 Å². The highest BCUT2D eigenvalue weighted by Gasteiger charge is 2.16. The zero-order valence-corrected chi connectivity index (χ0v) is 14.5. The fraction of sp³-hybridized carbons (Fsp3) is 0.438. The second-order valence-corrected chi connectivity index (χ2v) is 5.63. The van der Waals surface area contributed by atoms with Crippen molar-refractivity contribution < 1.29 is 4.79 Å². The van der Waals surface area contributed by atoms with Gasteiger partial charge in [0.2, 0.25) is 5.91 Å². The fourth-order valence-corrected chi connectivity index (χ4v) is 2.11. The van der Waals surface area contributed by atoms with Crippen LogP contribution in [0.3, 0.4) is 0 Å². The van der Waals surface area contributed by atoms with Gasteiger partial charge >= 0.3 is 0 Å². The van der Waals surface area contributed by atoms with E-state index in [-0.39, 0.29) is 24.2 Å². The molecule has 1 aromatic carbocycles. The molecule has 0 bridgehead atoms. The van der Waals surface area contributed by atoms with E-state index in [1.165, 1.54) is 0 Å². The minimum absolute atomic E-state index is 0. The molecule has 0 saturated heterocycles. The van der Waals surface area contributed by atoms with Gasteiger partial charge in [0.15, 0.2) is 5.82 Å². The van der Waals surface area contributed by atoms with Gasteiger partial charge in [-0.1, -0.05) is 39.3 Å². The van der Waals surface area contributed by atoms with Gasteiger partial charge in [-0.2, -0.15) is 5.10 Å². The van der Waals surface area contributed by atoms with Crippen molar-refractivity contribution in [1.29, 1.82) is 0 Å². The highest BCUT2D eigenvalue weighted by molar-refractivity contribution is 5.97. The summed E-state index contributed by atoms with van der Waals surface area (Å²) in [6.45, 7) is 6.09. The third-order valence-electron chi connectivity index (χ3n) is 3.41. The minimum Gasteiger partial charge on any atom is -0.324 e. The monoisotopic (exact) mass is 337 g/mol. The summed E-state index contributed by atoms with van der Waals surface area (Å²) in [6, 6.07) is 6.96. The number of halogens is 1. The molecule has 0 saturated carbocycles. The summed E-state index contributed by atoms with van der Waals surface area (Å²) in [4.78, 5) is 16.6.